The van der Waals surface area contributed by atoms with Gasteiger partial charge in [-0.15, -0.1) is 0 Å². The van der Waals surface area contributed by atoms with Gasteiger partial charge in [-0.3, -0.25) is 4.98 Å². The summed E-state index contributed by atoms with van der Waals surface area (Å²) >= 11 is 0. The average Bonchev–Trinajstić information content (AvgIpc) is 2.53. The number of rotatable bonds is 4. The van der Waals surface area contributed by atoms with Gasteiger partial charge in [-0.05, 0) is 25.7 Å². The molecule has 118 valence electrons. The van der Waals surface area contributed by atoms with Crippen molar-refractivity contribution in [1.82, 2.24) is 9.97 Å². The van der Waals surface area contributed by atoms with Crippen molar-refractivity contribution in [2.24, 2.45) is 0 Å². The highest BCUT2D eigenvalue weighted by atomic mass is 16.5. The average molecular weight is 303 g/mol. The van der Waals surface area contributed by atoms with Crippen LogP contribution in [-0.2, 0) is 0 Å². The zero-order chi connectivity index (χ0) is 15.6. The van der Waals surface area contributed by atoms with Crippen molar-refractivity contribution in [3.05, 3.63) is 18.3 Å². The molecule has 1 aliphatic rings. The van der Waals surface area contributed by atoms with Gasteiger partial charge in [0.15, 0.2) is 11.5 Å². The van der Waals surface area contributed by atoms with Crippen molar-refractivity contribution in [2.45, 2.75) is 37.8 Å². The van der Waals surface area contributed by atoms with Gasteiger partial charge in [0.1, 0.15) is 11.5 Å². The highest BCUT2D eigenvalue weighted by molar-refractivity contribution is 5.80. The fourth-order valence-corrected chi connectivity index (χ4v) is 2.90. The number of aromatic nitrogens is 2. The summed E-state index contributed by atoms with van der Waals surface area (Å²) in [5.41, 5.74) is 0.540. The topological polar surface area (TPSA) is 76.5 Å². The largest absolute Gasteiger partial charge is 0.493 e. The molecule has 1 heterocycles. The van der Waals surface area contributed by atoms with Gasteiger partial charge in [0, 0.05) is 12.1 Å². The second-order valence-corrected chi connectivity index (χ2v) is 5.67. The first-order chi connectivity index (χ1) is 10.6. The van der Waals surface area contributed by atoms with Crippen LogP contribution in [0.5, 0.6) is 11.5 Å². The van der Waals surface area contributed by atoms with E-state index in [1.807, 2.05) is 0 Å². The minimum absolute atomic E-state index is 0.573. The second kappa shape index (κ2) is 5.96. The fraction of sp³-hybridized carbons (Fsp3) is 0.500. The zero-order valence-electron chi connectivity index (χ0n) is 12.9. The second-order valence-electron chi connectivity index (χ2n) is 5.67. The minimum atomic E-state index is -0.878. The van der Waals surface area contributed by atoms with E-state index in [0.29, 0.717) is 22.8 Å². The number of aliphatic hydroxyl groups is 1. The first kappa shape index (κ1) is 14.8. The molecule has 0 spiro atoms. The van der Waals surface area contributed by atoms with Gasteiger partial charge in [-0.25, -0.2) is 4.98 Å². The number of hydrogen-bond acceptors (Lipinski definition) is 6. The van der Waals surface area contributed by atoms with Crippen LogP contribution in [0.2, 0.25) is 0 Å². The number of anilines is 1. The summed E-state index contributed by atoms with van der Waals surface area (Å²) in [7, 11) is 3.18. The summed E-state index contributed by atoms with van der Waals surface area (Å²) < 4.78 is 10.6. The smallest absolute Gasteiger partial charge is 0.163 e. The molecule has 2 aromatic rings. The Labute approximate surface area is 129 Å². The van der Waals surface area contributed by atoms with Crippen LogP contribution < -0.4 is 14.8 Å². The number of nitrogens with one attached hydrogen (secondary N) is 1. The van der Waals surface area contributed by atoms with Crippen LogP contribution in [0.3, 0.4) is 0 Å². The lowest BCUT2D eigenvalue weighted by molar-refractivity contribution is 0.0313. The van der Waals surface area contributed by atoms with E-state index in [1.165, 1.54) is 6.42 Å². The van der Waals surface area contributed by atoms with Crippen molar-refractivity contribution >= 4 is 16.9 Å². The first-order valence-corrected chi connectivity index (χ1v) is 7.53. The Kier molecular flexibility index (Phi) is 4.02. The van der Waals surface area contributed by atoms with E-state index in [2.05, 4.69) is 15.3 Å². The van der Waals surface area contributed by atoms with Crippen LogP contribution >= 0.6 is 0 Å². The highest BCUT2D eigenvalue weighted by Crippen LogP contribution is 2.32. The van der Waals surface area contributed by atoms with Gasteiger partial charge >= 0.3 is 0 Å². The molecule has 0 unspecified atom stereocenters. The Bertz CT molecular complexity index is 669. The van der Waals surface area contributed by atoms with Crippen molar-refractivity contribution in [3.63, 3.8) is 0 Å². The van der Waals surface area contributed by atoms with Crippen LogP contribution in [0.1, 0.15) is 32.1 Å². The minimum Gasteiger partial charge on any atom is -0.493 e. The quantitative estimate of drug-likeness (QED) is 0.846. The Balaban J connectivity index is 1.91. The van der Waals surface area contributed by atoms with Crippen LogP contribution in [0, 0.1) is 0 Å². The molecule has 0 radical (unpaired) electrons. The zero-order valence-corrected chi connectivity index (χ0v) is 12.9. The van der Waals surface area contributed by atoms with Crippen molar-refractivity contribution in [1.29, 1.82) is 0 Å². The van der Waals surface area contributed by atoms with Crippen molar-refractivity contribution in [3.8, 4) is 11.5 Å². The molecule has 1 aromatic carbocycles. The normalized spacial score (nSPS) is 17.2. The van der Waals surface area contributed by atoms with Gasteiger partial charge in [0.25, 0.3) is 0 Å². The van der Waals surface area contributed by atoms with E-state index in [1.54, 1.807) is 32.5 Å². The van der Waals surface area contributed by atoms with Gasteiger partial charge in [0.2, 0.25) is 0 Å². The molecule has 6 nitrogen and oxygen atoms in total. The molecular weight excluding hydrogens is 282 g/mol. The molecule has 3 rings (SSSR count). The predicted octanol–water partition coefficient (Wildman–Crippen LogP) is 2.71. The third-order valence-electron chi connectivity index (χ3n) is 4.09. The molecule has 0 atom stereocenters. The highest BCUT2D eigenvalue weighted by Gasteiger charge is 2.29. The third-order valence-corrected chi connectivity index (χ3v) is 4.09. The van der Waals surface area contributed by atoms with Crippen LogP contribution in [0.4, 0.5) is 5.82 Å². The fourth-order valence-electron chi connectivity index (χ4n) is 2.90. The molecule has 6 heteroatoms. The number of hydrogen-bond donors (Lipinski definition) is 2. The Morgan fingerprint density at radius 3 is 2.32 bits per heavy atom. The lowest BCUT2D eigenvalue weighted by Crippen LogP contribution is -2.40. The summed E-state index contributed by atoms with van der Waals surface area (Å²) in [6.07, 6.45) is 6.33. The van der Waals surface area contributed by atoms with E-state index in [-0.39, 0.29) is 0 Å². The van der Waals surface area contributed by atoms with E-state index < -0.39 is 5.72 Å². The summed E-state index contributed by atoms with van der Waals surface area (Å²) in [5.74, 6) is 1.80. The van der Waals surface area contributed by atoms with E-state index in [0.717, 1.165) is 31.2 Å². The molecule has 2 N–H and O–H groups in total. The van der Waals surface area contributed by atoms with Crippen LogP contribution in [0.15, 0.2) is 18.3 Å². The van der Waals surface area contributed by atoms with E-state index in [4.69, 9.17) is 9.47 Å². The standard InChI is InChI=1S/C16H21N3O3/c1-21-13-8-11-12(9-14(13)22-2)18-15(10-17-11)19-16(20)6-4-3-5-7-16/h8-10,20H,3-7H2,1-2H3,(H,18,19). The summed E-state index contributed by atoms with van der Waals surface area (Å²) in [5, 5.41) is 13.7. The van der Waals surface area contributed by atoms with Gasteiger partial charge < -0.3 is 19.9 Å². The molecule has 1 saturated carbocycles. The van der Waals surface area contributed by atoms with Crippen LogP contribution in [-0.4, -0.2) is 35.0 Å². The predicted molar refractivity (Wildman–Crippen MR) is 84.3 cm³/mol. The number of benzene rings is 1. The molecule has 0 aliphatic heterocycles. The van der Waals surface area contributed by atoms with Crippen molar-refractivity contribution < 1.29 is 14.6 Å². The van der Waals surface area contributed by atoms with E-state index >= 15 is 0 Å². The Morgan fingerprint density at radius 1 is 1.05 bits per heavy atom. The lowest BCUT2D eigenvalue weighted by Gasteiger charge is -2.33. The summed E-state index contributed by atoms with van der Waals surface area (Å²) in [6, 6.07) is 3.58. The van der Waals surface area contributed by atoms with Gasteiger partial charge in [-0.1, -0.05) is 6.42 Å². The number of fused-ring (bicyclic) bond motifs is 1. The number of ether oxygens (including phenoxy) is 2. The molecule has 0 bridgehead atoms. The lowest BCUT2D eigenvalue weighted by atomic mass is 9.92. The Hall–Kier alpha value is -2.08. The SMILES string of the molecule is COc1cc2ncc(NC3(O)CCCCC3)nc2cc1OC. The molecule has 22 heavy (non-hydrogen) atoms. The van der Waals surface area contributed by atoms with Crippen LogP contribution in [0.25, 0.3) is 11.0 Å². The third kappa shape index (κ3) is 2.92. The Morgan fingerprint density at radius 2 is 1.68 bits per heavy atom. The molecular formula is C16H21N3O3. The maximum absolute atomic E-state index is 10.6. The molecule has 1 aliphatic carbocycles. The maximum atomic E-state index is 10.6. The summed E-state index contributed by atoms with van der Waals surface area (Å²) in [4.78, 5) is 8.92. The monoisotopic (exact) mass is 303 g/mol. The summed E-state index contributed by atoms with van der Waals surface area (Å²) in [6.45, 7) is 0. The molecule has 0 saturated heterocycles. The first-order valence-electron chi connectivity index (χ1n) is 7.53. The molecule has 1 fully saturated rings. The van der Waals surface area contributed by atoms with E-state index in [9.17, 15) is 5.11 Å². The van der Waals surface area contributed by atoms with Crippen molar-refractivity contribution in [2.75, 3.05) is 19.5 Å². The molecule has 1 aromatic heterocycles. The maximum Gasteiger partial charge on any atom is 0.163 e. The number of nitrogens with zero attached hydrogens (tertiary/aromatic N) is 2. The van der Waals surface area contributed by atoms with Gasteiger partial charge in [-0.2, -0.15) is 0 Å². The van der Waals surface area contributed by atoms with Gasteiger partial charge in [0.05, 0.1) is 31.4 Å². The number of methoxy groups -OCH3 is 2. The molecule has 0 amide bonds.